The van der Waals surface area contributed by atoms with E-state index in [9.17, 15) is 14.7 Å². The van der Waals surface area contributed by atoms with E-state index in [1.807, 2.05) is 54.6 Å². The Kier molecular flexibility index (Phi) is 6.48. The molecule has 2 N–H and O–H groups in total. The first kappa shape index (κ1) is 23.6. The van der Waals surface area contributed by atoms with Gasteiger partial charge in [0.1, 0.15) is 23.6 Å². The molecule has 3 aromatic carbocycles. The normalized spacial score (nSPS) is 13.1. The molecule has 0 spiro atoms. The van der Waals surface area contributed by atoms with Gasteiger partial charge in [0, 0.05) is 23.8 Å². The number of pyridine rings is 1. The van der Waals surface area contributed by atoms with Crippen LogP contribution in [0.1, 0.15) is 22.6 Å². The number of nitrogens with one attached hydrogen (secondary N) is 1. The van der Waals surface area contributed by atoms with Crippen LogP contribution in [0.15, 0.2) is 72.8 Å². The lowest BCUT2D eigenvalue weighted by Gasteiger charge is -2.18. The van der Waals surface area contributed by atoms with Crippen molar-refractivity contribution in [1.29, 1.82) is 0 Å². The molecule has 0 saturated heterocycles. The van der Waals surface area contributed by atoms with Crippen LogP contribution in [-0.4, -0.2) is 41.9 Å². The molecule has 0 fully saturated rings. The highest BCUT2D eigenvalue weighted by atomic mass is 35.5. The van der Waals surface area contributed by atoms with E-state index < -0.39 is 18.1 Å². The predicted octanol–water partition coefficient (Wildman–Crippen LogP) is 5.43. The van der Waals surface area contributed by atoms with Gasteiger partial charge in [-0.2, -0.15) is 0 Å². The highest BCUT2D eigenvalue weighted by Gasteiger charge is 2.30. The van der Waals surface area contributed by atoms with Gasteiger partial charge in [-0.1, -0.05) is 60.1 Å². The van der Waals surface area contributed by atoms with E-state index in [-0.39, 0.29) is 24.1 Å². The van der Waals surface area contributed by atoms with Gasteiger partial charge in [0.05, 0.1) is 12.6 Å². The number of carboxylic acid groups (broad SMARTS) is 1. The van der Waals surface area contributed by atoms with Crippen molar-refractivity contribution in [2.75, 3.05) is 13.7 Å². The summed E-state index contributed by atoms with van der Waals surface area (Å²) >= 11 is 6.34. The third-order valence-corrected chi connectivity index (χ3v) is 6.74. The number of carboxylic acids is 1. The van der Waals surface area contributed by atoms with Crippen LogP contribution in [-0.2, 0) is 16.0 Å². The molecule has 0 bridgehead atoms. The SMILES string of the molecule is COc1ccc2cc(CC(NC(=O)OCC3c4ccccc4-c4ccccc43)C(=O)O)c(Cl)nc2c1. The number of benzene rings is 3. The Hall–Kier alpha value is -4.10. The first-order chi connectivity index (χ1) is 17.4. The molecule has 0 saturated carbocycles. The van der Waals surface area contributed by atoms with Gasteiger partial charge in [-0.05, 0) is 46.0 Å². The van der Waals surface area contributed by atoms with E-state index in [1.165, 1.54) is 0 Å². The molecule has 1 aliphatic rings. The zero-order valence-electron chi connectivity index (χ0n) is 19.4. The van der Waals surface area contributed by atoms with Gasteiger partial charge in [0.2, 0.25) is 0 Å². The minimum atomic E-state index is -1.24. The monoisotopic (exact) mass is 502 g/mol. The third-order valence-electron chi connectivity index (χ3n) is 6.41. The number of halogens is 1. The molecule has 8 heteroatoms. The van der Waals surface area contributed by atoms with Crippen LogP contribution in [0.3, 0.4) is 0 Å². The molecule has 5 rings (SSSR count). The van der Waals surface area contributed by atoms with Crippen molar-refractivity contribution in [3.05, 3.63) is 94.6 Å². The summed E-state index contributed by atoms with van der Waals surface area (Å²) in [5, 5.41) is 13.2. The average Bonchev–Trinajstić information content (AvgIpc) is 3.20. The van der Waals surface area contributed by atoms with Crippen LogP contribution in [0.2, 0.25) is 5.15 Å². The predicted molar refractivity (Wildman–Crippen MR) is 137 cm³/mol. The molecule has 0 aliphatic heterocycles. The number of alkyl carbamates (subject to hydrolysis) is 1. The summed E-state index contributed by atoms with van der Waals surface area (Å²) in [5.41, 5.74) is 5.50. The van der Waals surface area contributed by atoms with Crippen LogP contribution >= 0.6 is 11.6 Å². The first-order valence-electron chi connectivity index (χ1n) is 11.4. The molecule has 4 aromatic rings. The molecule has 0 radical (unpaired) electrons. The molecule has 1 aromatic heterocycles. The molecule has 1 unspecified atom stereocenters. The van der Waals surface area contributed by atoms with Crippen LogP contribution in [0.5, 0.6) is 5.75 Å². The fourth-order valence-electron chi connectivity index (χ4n) is 4.64. The number of nitrogens with zero attached hydrogens (tertiary/aromatic N) is 1. The second-order valence-corrected chi connectivity index (χ2v) is 8.92. The molecule has 182 valence electrons. The fraction of sp³-hybridized carbons (Fsp3) is 0.179. The highest BCUT2D eigenvalue weighted by Crippen LogP contribution is 2.44. The highest BCUT2D eigenvalue weighted by molar-refractivity contribution is 6.30. The number of aliphatic carboxylic acids is 1. The minimum Gasteiger partial charge on any atom is -0.497 e. The number of hydrogen-bond acceptors (Lipinski definition) is 5. The number of carbonyl (C=O) groups is 2. The Labute approximate surface area is 212 Å². The van der Waals surface area contributed by atoms with E-state index in [0.717, 1.165) is 27.6 Å². The summed E-state index contributed by atoms with van der Waals surface area (Å²) in [7, 11) is 1.56. The molecule has 7 nitrogen and oxygen atoms in total. The van der Waals surface area contributed by atoms with Crippen LogP contribution < -0.4 is 10.1 Å². The summed E-state index contributed by atoms with van der Waals surface area (Å²) in [5.74, 6) is -0.684. The van der Waals surface area contributed by atoms with Gasteiger partial charge < -0.3 is 19.9 Å². The first-order valence-corrected chi connectivity index (χ1v) is 11.8. The van der Waals surface area contributed by atoms with E-state index in [1.54, 1.807) is 25.3 Å². The van der Waals surface area contributed by atoms with Gasteiger partial charge >= 0.3 is 12.1 Å². The Morgan fingerprint density at radius 2 is 1.69 bits per heavy atom. The number of aromatic nitrogens is 1. The molecule has 1 heterocycles. The Bertz CT molecular complexity index is 1430. The van der Waals surface area contributed by atoms with Crippen molar-refractivity contribution >= 4 is 34.6 Å². The second-order valence-electron chi connectivity index (χ2n) is 8.56. The van der Waals surface area contributed by atoms with Crippen molar-refractivity contribution in [3.8, 4) is 16.9 Å². The van der Waals surface area contributed by atoms with Gasteiger partial charge in [-0.25, -0.2) is 14.6 Å². The molecular formula is C28H23ClN2O5. The Morgan fingerprint density at radius 3 is 2.33 bits per heavy atom. The summed E-state index contributed by atoms with van der Waals surface area (Å²) in [6, 6.07) is 21.9. The quantitative estimate of drug-likeness (QED) is 0.327. The second kappa shape index (κ2) is 9.87. The summed E-state index contributed by atoms with van der Waals surface area (Å²) in [6.07, 6.45) is -0.855. The molecular weight excluding hydrogens is 480 g/mol. The number of rotatable bonds is 7. The maximum absolute atomic E-state index is 12.6. The topological polar surface area (TPSA) is 97.8 Å². The number of methoxy groups -OCH3 is 1. The van der Waals surface area contributed by atoms with Crippen molar-refractivity contribution in [2.45, 2.75) is 18.4 Å². The number of fused-ring (bicyclic) bond motifs is 4. The standard InChI is InChI=1S/C28H23ClN2O5/c1-35-18-11-10-16-12-17(26(29)30-24(16)14-18)13-25(27(32)33)31-28(34)36-15-23-21-8-4-2-6-19(21)20-7-3-5-9-22(20)23/h2-12,14,23,25H,13,15H2,1H3,(H,31,34)(H,32,33). The van der Waals surface area contributed by atoms with E-state index in [4.69, 9.17) is 21.1 Å². The number of hydrogen-bond donors (Lipinski definition) is 2. The fourth-order valence-corrected chi connectivity index (χ4v) is 4.86. The average molecular weight is 503 g/mol. The van der Waals surface area contributed by atoms with Crippen LogP contribution in [0, 0.1) is 0 Å². The smallest absolute Gasteiger partial charge is 0.407 e. The minimum absolute atomic E-state index is 0.0483. The largest absolute Gasteiger partial charge is 0.497 e. The molecule has 1 atom stereocenters. The zero-order chi connectivity index (χ0) is 25.2. The number of carbonyl (C=O) groups excluding carboxylic acids is 1. The molecule has 1 aliphatic carbocycles. The maximum atomic E-state index is 12.6. The lowest BCUT2D eigenvalue weighted by molar-refractivity contribution is -0.139. The van der Waals surface area contributed by atoms with Gasteiger partial charge in [-0.15, -0.1) is 0 Å². The Balaban J connectivity index is 1.29. The summed E-state index contributed by atoms with van der Waals surface area (Å²) < 4.78 is 10.7. The lowest BCUT2D eigenvalue weighted by Crippen LogP contribution is -2.43. The van der Waals surface area contributed by atoms with E-state index in [2.05, 4.69) is 10.3 Å². The van der Waals surface area contributed by atoms with Crippen molar-refractivity contribution in [3.63, 3.8) is 0 Å². The number of ether oxygens (including phenoxy) is 2. The van der Waals surface area contributed by atoms with Crippen LogP contribution in [0.4, 0.5) is 4.79 Å². The lowest BCUT2D eigenvalue weighted by atomic mass is 9.98. The van der Waals surface area contributed by atoms with Gasteiger partial charge in [0.25, 0.3) is 0 Å². The van der Waals surface area contributed by atoms with E-state index in [0.29, 0.717) is 16.8 Å². The third kappa shape index (κ3) is 4.57. The van der Waals surface area contributed by atoms with Gasteiger partial charge in [-0.3, -0.25) is 0 Å². The molecule has 36 heavy (non-hydrogen) atoms. The van der Waals surface area contributed by atoms with Crippen molar-refractivity contribution in [2.24, 2.45) is 0 Å². The maximum Gasteiger partial charge on any atom is 0.407 e. The van der Waals surface area contributed by atoms with Gasteiger partial charge in [0.15, 0.2) is 0 Å². The van der Waals surface area contributed by atoms with Crippen molar-refractivity contribution < 1.29 is 24.2 Å². The molecule has 1 amide bonds. The summed E-state index contributed by atoms with van der Waals surface area (Å²) in [6.45, 7) is 0.0896. The Morgan fingerprint density at radius 1 is 1.03 bits per heavy atom. The number of amides is 1. The summed E-state index contributed by atoms with van der Waals surface area (Å²) in [4.78, 5) is 28.9. The van der Waals surface area contributed by atoms with Crippen LogP contribution in [0.25, 0.3) is 22.0 Å². The van der Waals surface area contributed by atoms with E-state index >= 15 is 0 Å². The zero-order valence-corrected chi connectivity index (χ0v) is 20.2. The van der Waals surface area contributed by atoms with Crippen molar-refractivity contribution in [1.82, 2.24) is 10.3 Å².